The summed E-state index contributed by atoms with van der Waals surface area (Å²) in [6.45, 7) is 0. The molecule has 0 aliphatic heterocycles. The lowest BCUT2D eigenvalue weighted by atomic mass is 10.1. The van der Waals surface area contributed by atoms with E-state index in [1.165, 1.54) is 0 Å². The van der Waals surface area contributed by atoms with Gasteiger partial charge < -0.3 is 0 Å². The number of halogens is 10. The fourth-order valence-corrected chi connectivity index (χ4v) is 1.70. The van der Waals surface area contributed by atoms with Crippen LogP contribution in [0.3, 0.4) is 0 Å². The molecule has 2 aromatic rings. The Balaban J connectivity index is 2.67. The molecule has 2 aromatic carbocycles. The molecule has 2 rings (SSSR count). The van der Waals surface area contributed by atoms with E-state index in [0.717, 1.165) is 0 Å². The van der Waals surface area contributed by atoms with E-state index in [0.29, 0.717) is 0 Å². The maximum Gasteiger partial charge on any atom is 0.200 e. The fraction of sp³-hybridized carbons (Fsp3) is 0. The van der Waals surface area contributed by atoms with Crippen LogP contribution < -0.4 is 0 Å². The lowest BCUT2D eigenvalue weighted by Crippen LogP contribution is -2.05. The first-order chi connectivity index (χ1) is 11.1. The summed E-state index contributed by atoms with van der Waals surface area (Å²) in [6.07, 6.45) is -0.0108. The van der Waals surface area contributed by atoms with Crippen LogP contribution in [-0.4, -0.2) is 0 Å². The molecule has 0 atom stereocenters. The molecule has 0 unspecified atom stereocenters. The molecule has 0 spiro atoms. The van der Waals surface area contributed by atoms with Crippen LogP contribution in [0.4, 0.5) is 43.9 Å². The minimum absolute atomic E-state index is 0.00541. The summed E-state index contributed by atoms with van der Waals surface area (Å²) in [6, 6.07) is 0. The van der Waals surface area contributed by atoms with Crippen molar-refractivity contribution in [2.24, 2.45) is 0 Å². The lowest BCUT2D eigenvalue weighted by Gasteiger charge is -2.06. The zero-order valence-electron chi connectivity index (χ0n) is 10.9. The van der Waals surface area contributed by atoms with Gasteiger partial charge in [0, 0.05) is 0 Å². The summed E-state index contributed by atoms with van der Waals surface area (Å²) in [5.41, 5.74) is -3.23. The van der Waals surface area contributed by atoms with Crippen LogP contribution in [0.5, 0.6) is 0 Å². The zero-order valence-corrected chi connectivity index (χ0v) is 10.9. The fourth-order valence-electron chi connectivity index (χ4n) is 1.70. The second-order valence-corrected chi connectivity index (χ2v) is 4.30. The van der Waals surface area contributed by atoms with E-state index < -0.39 is 69.3 Å². The highest BCUT2D eigenvalue weighted by atomic mass is 19.2. The minimum Gasteiger partial charge on any atom is -0.203 e. The van der Waals surface area contributed by atoms with Gasteiger partial charge in [-0.1, -0.05) is 0 Å². The number of rotatable bonds is 2. The molecule has 0 aliphatic carbocycles. The molecular weight excluding hydrogens is 358 g/mol. The van der Waals surface area contributed by atoms with Crippen LogP contribution in [0.1, 0.15) is 11.1 Å². The van der Waals surface area contributed by atoms with Crippen molar-refractivity contribution in [3.8, 4) is 0 Å². The van der Waals surface area contributed by atoms with Gasteiger partial charge in [0.15, 0.2) is 46.5 Å². The Kier molecular flexibility index (Phi) is 4.59. The predicted octanol–water partition coefficient (Wildman–Crippen LogP) is 5.25. The quantitative estimate of drug-likeness (QED) is 0.297. The van der Waals surface area contributed by atoms with Crippen molar-refractivity contribution in [1.82, 2.24) is 0 Å². The topological polar surface area (TPSA) is 0 Å². The Labute approximate surface area is 126 Å². The molecular formula is C14H2F10. The van der Waals surface area contributed by atoms with Crippen molar-refractivity contribution in [2.45, 2.75) is 0 Å². The van der Waals surface area contributed by atoms with Gasteiger partial charge in [-0.3, -0.25) is 0 Å². The first-order valence-electron chi connectivity index (χ1n) is 5.80. The average Bonchev–Trinajstić information content (AvgIpc) is 2.57. The third-order valence-corrected chi connectivity index (χ3v) is 2.90. The van der Waals surface area contributed by atoms with Crippen molar-refractivity contribution in [2.75, 3.05) is 0 Å². The van der Waals surface area contributed by atoms with Crippen LogP contribution in [-0.2, 0) is 0 Å². The smallest absolute Gasteiger partial charge is 0.200 e. The SMILES string of the molecule is Fc1c(F)c(F)c(C=Cc2c(F)c(F)c(F)c(F)c2F)c(F)c1F. The normalized spacial score (nSPS) is 11.6. The molecule has 0 nitrogen and oxygen atoms in total. The van der Waals surface area contributed by atoms with Gasteiger partial charge in [0.05, 0.1) is 11.1 Å². The van der Waals surface area contributed by atoms with E-state index in [1.54, 1.807) is 0 Å². The van der Waals surface area contributed by atoms with E-state index >= 15 is 0 Å². The van der Waals surface area contributed by atoms with E-state index in [9.17, 15) is 43.9 Å². The predicted molar refractivity (Wildman–Crippen MR) is 61.4 cm³/mol. The van der Waals surface area contributed by atoms with Crippen LogP contribution >= 0.6 is 0 Å². The number of benzene rings is 2. The van der Waals surface area contributed by atoms with E-state index in [2.05, 4.69) is 0 Å². The third kappa shape index (κ3) is 2.61. The van der Waals surface area contributed by atoms with Gasteiger partial charge in [0.1, 0.15) is 0 Å². The van der Waals surface area contributed by atoms with Crippen molar-refractivity contribution in [3.63, 3.8) is 0 Å². The first kappa shape index (κ1) is 17.8. The highest BCUT2D eigenvalue weighted by Crippen LogP contribution is 2.27. The summed E-state index contributed by atoms with van der Waals surface area (Å²) in [5, 5.41) is 0. The molecule has 0 heterocycles. The van der Waals surface area contributed by atoms with Gasteiger partial charge >= 0.3 is 0 Å². The molecule has 0 saturated carbocycles. The van der Waals surface area contributed by atoms with Crippen molar-refractivity contribution in [3.05, 3.63) is 69.3 Å². The van der Waals surface area contributed by atoms with Crippen LogP contribution in [0.25, 0.3) is 12.2 Å². The third-order valence-electron chi connectivity index (χ3n) is 2.90. The van der Waals surface area contributed by atoms with Crippen molar-refractivity contribution < 1.29 is 43.9 Å². The molecule has 10 heteroatoms. The molecule has 0 amide bonds. The summed E-state index contributed by atoms with van der Waals surface area (Å²) >= 11 is 0. The Morgan fingerprint density at radius 3 is 0.667 bits per heavy atom. The van der Waals surface area contributed by atoms with Crippen molar-refractivity contribution in [1.29, 1.82) is 0 Å². The molecule has 128 valence electrons. The zero-order chi connectivity index (χ0) is 18.3. The van der Waals surface area contributed by atoms with E-state index in [1.807, 2.05) is 0 Å². The molecule has 24 heavy (non-hydrogen) atoms. The van der Waals surface area contributed by atoms with E-state index in [4.69, 9.17) is 0 Å². The van der Waals surface area contributed by atoms with Crippen LogP contribution in [0.15, 0.2) is 0 Å². The average molecular weight is 360 g/mol. The molecule has 0 radical (unpaired) electrons. The molecule has 0 N–H and O–H groups in total. The summed E-state index contributed by atoms with van der Waals surface area (Å²) in [4.78, 5) is 0. The Hall–Kier alpha value is -2.52. The molecule has 0 fully saturated rings. The van der Waals surface area contributed by atoms with Crippen molar-refractivity contribution >= 4 is 12.2 Å². The lowest BCUT2D eigenvalue weighted by molar-refractivity contribution is 0.376. The number of hydrogen-bond donors (Lipinski definition) is 0. The second-order valence-electron chi connectivity index (χ2n) is 4.30. The van der Waals surface area contributed by atoms with Crippen LogP contribution in [0, 0.1) is 58.2 Å². The van der Waals surface area contributed by atoms with Crippen LogP contribution in [0.2, 0.25) is 0 Å². The largest absolute Gasteiger partial charge is 0.203 e. The van der Waals surface area contributed by atoms with Gasteiger partial charge in [-0.15, -0.1) is 0 Å². The Morgan fingerprint density at radius 1 is 0.292 bits per heavy atom. The molecule has 0 bridgehead atoms. The summed E-state index contributed by atoms with van der Waals surface area (Å²) in [5.74, 6) is -23.7. The second kappa shape index (κ2) is 6.17. The van der Waals surface area contributed by atoms with Gasteiger partial charge in [-0.05, 0) is 12.2 Å². The Morgan fingerprint density at radius 2 is 0.458 bits per heavy atom. The van der Waals surface area contributed by atoms with E-state index in [-0.39, 0.29) is 12.2 Å². The van der Waals surface area contributed by atoms with Gasteiger partial charge in [0.2, 0.25) is 11.6 Å². The maximum atomic E-state index is 13.4. The van der Waals surface area contributed by atoms with Gasteiger partial charge in [-0.2, -0.15) is 0 Å². The standard InChI is InChI=1S/C14H2F10/c15-5-3(6(16)10(20)13(23)9(5)19)1-2-4-7(17)11(21)14(24)12(22)8(4)18/h1-2H. The first-order valence-corrected chi connectivity index (χ1v) is 5.80. The maximum absolute atomic E-state index is 13.4. The molecule has 0 aromatic heterocycles. The molecule has 0 saturated heterocycles. The highest BCUT2D eigenvalue weighted by molar-refractivity contribution is 5.71. The monoisotopic (exact) mass is 360 g/mol. The Bertz CT molecular complexity index is 739. The minimum atomic E-state index is -2.47. The highest BCUT2D eigenvalue weighted by Gasteiger charge is 2.26. The van der Waals surface area contributed by atoms with Gasteiger partial charge in [0.25, 0.3) is 0 Å². The summed E-state index contributed by atoms with van der Waals surface area (Å²) in [7, 11) is 0. The number of hydrogen-bond acceptors (Lipinski definition) is 0. The molecule has 0 aliphatic rings. The van der Waals surface area contributed by atoms with Gasteiger partial charge in [-0.25, -0.2) is 43.9 Å². The summed E-state index contributed by atoms with van der Waals surface area (Å²) < 4.78 is 131.